The molecule has 388 valence electrons. The molecule has 0 aliphatic heterocycles. The van der Waals surface area contributed by atoms with E-state index in [-0.39, 0.29) is 37.5 Å². The summed E-state index contributed by atoms with van der Waals surface area (Å²) in [5, 5.41) is 0. The molecule has 0 rings (SSSR count). The number of allylic oxidation sites excluding steroid dienone is 10. The lowest BCUT2D eigenvalue weighted by Gasteiger charge is -2.18. The van der Waals surface area contributed by atoms with Gasteiger partial charge in [-0.25, -0.2) is 0 Å². The van der Waals surface area contributed by atoms with Crippen LogP contribution >= 0.6 is 0 Å². The second-order valence-corrected chi connectivity index (χ2v) is 19.2. The highest BCUT2D eigenvalue weighted by Gasteiger charge is 2.19. The zero-order valence-electron chi connectivity index (χ0n) is 44.4. The van der Waals surface area contributed by atoms with Crippen LogP contribution in [0.3, 0.4) is 0 Å². The fourth-order valence-electron chi connectivity index (χ4n) is 8.10. The standard InChI is InChI=1S/C61H108O6/c1-4-7-10-13-16-19-22-25-27-29-30-32-33-36-39-42-45-48-51-54-60(63)66-57-58(56-65-59(62)53-50-47-44-41-38-35-24-21-18-15-12-9-6-3)67-61(64)55-52-49-46-43-40-37-34-31-28-26-23-20-17-14-11-8-5-2/h21,24-28,34,37,43,46,58H,4-20,22-23,29-33,35-36,38-42,44-45,47-57H2,1-3H3/b24-21-,27-25-,28-26-,37-34-,46-43-/t58-/m0/s1. The van der Waals surface area contributed by atoms with Gasteiger partial charge in [-0.1, -0.05) is 229 Å². The molecule has 0 saturated heterocycles. The Labute approximate surface area is 415 Å². The Balaban J connectivity index is 4.42. The maximum atomic E-state index is 12.8. The Morgan fingerprint density at radius 1 is 0.299 bits per heavy atom. The van der Waals surface area contributed by atoms with Gasteiger partial charge in [0.1, 0.15) is 13.2 Å². The van der Waals surface area contributed by atoms with Gasteiger partial charge in [0.15, 0.2) is 6.10 Å². The van der Waals surface area contributed by atoms with Crippen LogP contribution in [0.2, 0.25) is 0 Å². The molecule has 0 radical (unpaired) electrons. The number of rotatable bonds is 52. The summed E-state index contributed by atoms with van der Waals surface area (Å²) in [6.45, 7) is 6.58. The van der Waals surface area contributed by atoms with E-state index in [4.69, 9.17) is 14.2 Å². The van der Waals surface area contributed by atoms with Crippen molar-refractivity contribution in [3.8, 4) is 0 Å². The van der Waals surface area contributed by atoms with Crippen molar-refractivity contribution in [3.05, 3.63) is 60.8 Å². The smallest absolute Gasteiger partial charge is 0.306 e. The number of hydrogen-bond acceptors (Lipinski definition) is 6. The van der Waals surface area contributed by atoms with E-state index in [0.717, 1.165) is 64.2 Å². The van der Waals surface area contributed by atoms with Crippen LogP contribution < -0.4 is 0 Å². The number of carbonyl (C=O) groups excluding carboxylic acids is 3. The van der Waals surface area contributed by atoms with Gasteiger partial charge in [-0.15, -0.1) is 0 Å². The van der Waals surface area contributed by atoms with E-state index in [9.17, 15) is 14.4 Å². The van der Waals surface area contributed by atoms with Crippen LogP contribution in [-0.4, -0.2) is 37.2 Å². The van der Waals surface area contributed by atoms with E-state index in [0.29, 0.717) is 19.3 Å². The quantitative estimate of drug-likeness (QED) is 0.0262. The lowest BCUT2D eigenvalue weighted by Crippen LogP contribution is -2.30. The zero-order chi connectivity index (χ0) is 48.6. The Kier molecular flexibility index (Phi) is 53.3. The van der Waals surface area contributed by atoms with Crippen LogP contribution in [0.15, 0.2) is 60.8 Å². The van der Waals surface area contributed by atoms with Crippen LogP contribution in [0, 0.1) is 0 Å². The number of carbonyl (C=O) groups is 3. The minimum absolute atomic E-state index is 0.0968. The van der Waals surface area contributed by atoms with E-state index in [1.54, 1.807) is 0 Å². The number of hydrogen-bond donors (Lipinski definition) is 0. The lowest BCUT2D eigenvalue weighted by molar-refractivity contribution is -0.167. The van der Waals surface area contributed by atoms with Gasteiger partial charge >= 0.3 is 17.9 Å². The molecule has 6 heteroatoms. The second-order valence-electron chi connectivity index (χ2n) is 19.2. The second kappa shape index (κ2) is 55.7. The topological polar surface area (TPSA) is 78.9 Å². The first-order valence-corrected chi connectivity index (χ1v) is 28.8. The van der Waals surface area contributed by atoms with E-state index < -0.39 is 6.10 Å². The molecule has 67 heavy (non-hydrogen) atoms. The normalized spacial score (nSPS) is 12.5. The highest BCUT2D eigenvalue weighted by Crippen LogP contribution is 2.15. The number of ether oxygens (including phenoxy) is 3. The maximum Gasteiger partial charge on any atom is 0.306 e. The van der Waals surface area contributed by atoms with Gasteiger partial charge in [-0.3, -0.25) is 14.4 Å². The van der Waals surface area contributed by atoms with Gasteiger partial charge in [0.25, 0.3) is 0 Å². The van der Waals surface area contributed by atoms with Crippen molar-refractivity contribution in [2.45, 2.75) is 297 Å². The van der Waals surface area contributed by atoms with Gasteiger partial charge in [0.2, 0.25) is 0 Å². The Bertz CT molecular complexity index is 1210. The summed E-state index contributed by atoms with van der Waals surface area (Å²) in [5.41, 5.74) is 0. The Hall–Kier alpha value is -2.89. The minimum Gasteiger partial charge on any atom is -0.462 e. The van der Waals surface area contributed by atoms with Crippen LogP contribution in [-0.2, 0) is 28.6 Å². The largest absolute Gasteiger partial charge is 0.462 e. The van der Waals surface area contributed by atoms with E-state index in [1.807, 2.05) is 0 Å². The third-order valence-electron chi connectivity index (χ3n) is 12.5. The molecule has 0 amide bonds. The maximum absolute atomic E-state index is 12.8. The molecule has 0 unspecified atom stereocenters. The Morgan fingerprint density at radius 3 is 0.910 bits per heavy atom. The fraction of sp³-hybridized carbons (Fsp3) is 0.787. The first-order chi connectivity index (χ1) is 33.0. The molecule has 6 nitrogen and oxygen atoms in total. The predicted octanol–water partition coefficient (Wildman–Crippen LogP) is 19.2. The monoisotopic (exact) mass is 937 g/mol. The summed E-state index contributed by atoms with van der Waals surface area (Å²) >= 11 is 0. The summed E-state index contributed by atoms with van der Waals surface area (Å²) < 4.78 is 16.8. The summed E-state index contributed by atoms with van der Waals surface area (Å²) in [6.07, 6.45) is 69.3. The van der Waals surface area contributed by atoms with Crippen molar-refractivity contribution >= 4 is 17.9 Å². The van der Waals surface area contributed by atoms with Crippen molar-refractivity contribution in [3.63, 3.8) is 0 Å². The minimum atomic E-state index is -0.804. The molecule has 0 aromatic carbocycles. The molecule has 0 heterocycles. The average Bonchev–Trinajstić information content (AvgIpc) is 3.33. The molecule has 0 aliphatic carbocycles. The van der Waals surface area contributed by atoms with Gasteiger partial charge in [0.05, 0.1) is 0 Å². The van der Waals surface area contributed by atoms with Crippen LogP contribution in [0.25, 0.3) is 0 Å². The fourth-order valence-corrected chi connectivity index (χ4v) is 8.10. The van der Waals surface area contributed by atoms with Gasteiger partial charge < -0.3 is 14.2 Å². The predicted molar refractivity (Wildman–Crippen MR) is 288 cm³/mol. The molecule has 0 spiro atoms. The van der Waals surface area contributed by atoms with E-state index >= 15 is 0 Å². The summed E-state index contributed by atoms with van der Waals surface area (Å²) in [6, 6.07) is 0. The molecular formula is C61H108O6. The summed E-state index contributed by atoms with van der Waals surface area (Å²) in [4.78, 5) is 38.1. The van der Waals surface area contributed by atoms with E-state index in [1.165, 1.54) is 180 Å². The van der Waals surface area contributed by atoms with Crippen molar-refractivity contribution in [2.24, 2.45) is 0 Å². The van der Waals surface area contributed by atoms with E-state index in [2.05, 4.69) is 81.5 Å². The number of esters is 3. The van der Waals surface area contributed by atoms with Crippen LogP contribution in [0.4, 0.5) is 0 Å². The van der Waals surface area contributed by atoms with Crippen molar-refractivity contribution in [2.75, 3.05) is 13.2 Å². The molecule has 0 aromatic heterocycles. The molecule has 0 fully saturated rings. The molecule has 0 bridgehead atoms. The summed E-state index contributed by atoms with van der Waals surface area (Å²) in [5.74, 6) is -0.952. The Morgan fingerprint density at radius 2 is 0.552 bits per heavy atom. The molecule has 1 atom stereocenters. The molecule has 0 saturated carbocycles. The van der Waals surface area contributed by atoms with Crippen LogP contribution in [0.1, 0.15) is 290 Å². The van der Waals surface area contributed by atoms with Crippen molar-refractivity contribution in [1.29, 1.82) is 0 Å². The highest BCUT2D eigenvalue weighted by molar-refractivity contribution is 5.71. The van der Waals surface area contributed by atoms with Crippen LogP contribution in [0.5, 0.6) is 0 Å². The lowest BCUT2D eigenvalue weighted by atomic mass is 10.1. The highest BCUT2D eigenvalue weighted by atomic mass is 16.6. The van der Waals surface area contributed by atoms with Gasteiger partial charge in [-0.05, 0) is 103 Å². The molecular weight excluding hydrogens is 829 g/mol. The zero-order valence-corrected chi connectivity index (χ0v) is 44.4. The third-order valence-corrected chi connectivity index (χ3v) is 12.5. The van der Waals surface area contributed by atoms with Gasteiger partial charge in [-0.2, -0.15) is 0 Å². The molecule has 0 aliphatic rings. The molecule has 0 aromatic rings. The average molecular weight is 938 g/mol. The van der Waals surface area contributed by atoms with Crippen molar-refractivity contribution < 1.29 is 28.6 Å². The van der Waals surface area contributed by atoms with Crippen molar-refractivity contribution in [1.82, 2.24) is 0 Å². The third kappa shape index (κ3) is 53.9. The first kappa shape index (κ1) is 64.1. The molecule has 0 N–H and O–H groups in total. The van der Waals surface area contributed by atoms with Gasteiger partial charge in [0, 0.05) is 19.3 Å². The number of unbranched alkanes of at least 4 members (excludes halogenated alkanes) is 31. The SMILES string of the molecule is CCCCCC/C=C\CCCCCCCC(=O)OC[C@@H](COC(=O)CCCCCCCCCCC/C=C\CCCCCCCC)OC(=O)CCC/C=C\C/C=C\C/C=C\CCCCCCCC. The first-order valence-electron chi connectivity index (χ1n) is 28.8. The summed E-state index contributed by atoms with van der Waals surface area (Å²) in [7, 11) is 0.